The lowest BCUT2D eigenvalue weighted by Crippen LogP contribution is -2.48. The zero-order valence-corrected chi connectivity index (χ0v) is 33.1. The molecule has 0 radical (unpaired) electrons. The Labute approximate surface area is 340 Å². The van der Waals surface area contributed by atoms with Crippen LogP contribution in [0.1, 0.15) is 36.8 Å². The highest BCUT2D eigenvalue weighted by Gasteiger charge is 2.42. The highest BCUT2D eigenvalue weighted by Crippen LogP contribution is 2.38. The molecule has 10 rings (SSSR count). The van der Waals surface area contributed by atoms with E-state index in [0.29, 0.717) is 89.6 Å². The summed E-state index contributed by atoms with van der Waals surface area (Å²) in [6.45, 7) is 7.65. The van der Waals surface area contributed by atoms with E-state index in [2.05, 4.69) is 25.5 Å². The normalized spacial score (nSPS) is 19.8. The third-order valence-corrected chi connectivity index (χ3v) is 11.4. The predicted molar refractivity (Wildman–Crippen MR) is 212 cm³/mol. The molecule has 308 valence electrons. The molecule has 2 fully saturated rings. The van der Waals surface area contributed by atoms with Crippen LogP contribution in [0, 0.1) is 31.3 Å². The van der Waals surface area contributed by atoms with Gasteiger partial charge in [0.15, 0.2) is 17.3 Å². The zero-order chi connectivity index (χ0) is 41.4. The molecule has 2 aromatic carbocycles. The van der Waals surface area contributed by atoms with Gasteiger partial charge >= 0.3 is 0 Å². The van der Waals surface area contributed by atoms with Crippen LogP contribution in [0.3, 0.4) is 0 Å². The fraction of sp³-hybridized carbons (Fsp3) is 0.375. The van der Waals surface area contributed by atoms with Gasteiger partial charge in [-0.1, -0.05) is 5.16 Å². The summed E-state index contributed by atoms with van der Waals surface area (Å²) in [6.07, 6.45) is 3.00. The minimum absolute atomic E-state index is 0.00885. The first-order valence-electron chi connectivity index (χ1n) is 19.7. The molecule has 5 aromatic heterocycles. The van der Waals surface area contributed by atoms with Crippen molar-refractivity contribution in [2.24, 2.45) is 0 Å². The van der Waals surface area contributed by atoms with Crippen molar-refractivity contribution < 1.29 is 27.2 Å². The van der Waals surface area contributed by atoms with Gasteiger partial charge in [-0.25, -0.2) is 32.8 Å². The second kappa shape index (κ2) is 14.5. The van der Waals surface area contributed by atoms with Crippen molar-refractivity contribution in [3.63, 3.8) is 0 Å². The summed E-state index contributed by atoms with van der Waals surface area (Å²) in [6, 6.07) is 6.70. The average molecular weight is 821 g/mol. The molecule has 2 saturated heterocycles. The van der Waals surface area contributed by atoms with Crippen LogP contribution in [0.2, 0.25) is 0 Å². The van der Waals surface area contributed by atoms with Gasteiger partial charge in [0.25, 0.3) is 0 Å². The number of hydrogen-bond donors (Lipinski definition) is 1. The van der Waals surface area contributed by atoms with E-state index in [-0.39, 0.29) is 48.2 Å². The van der Waals surface area contributed by atoms with E-state index in [1.807, 2.05) is 28.2 Å². The number of nitrogens with one attached hydrogen (secondary N) is 1. The van der Waals surface area contributed by atoms with Crippen LogP contribution in [-0.4, -0.2) is 118 Å². The number of halogens is 3. The maximum Gasteiger partial charge on any atom is 0.245 e. The van der Waals surface area contributed by atoms with Gasteiger partial charge in [0.2, 0.25) is 23.7 Å². The van der Waals surface area contributed by atoms with Crippen LogP contribution >= 0.6 is 0 Å². The largest absolute Gasteiger partial charge is 0.375 e. The number of imidazole rings is 1. The topological polar surface area (TPSA) is 174 Å². The van der Waals surface area contributed by atoms with Crippen LogP contribution in [0.5, 0.6) is 0 Å². The van der Waals surface area contributed by atoms with Crippen LogP contribution in [-0.2, 0) is 16.1 Å². The molecule has 17 nitrogen and oxygen atoms in total. The number of nitrogens with zero attached hydrogens (tertiary/aromatic N) is 13. The summed E-state index contributed by atoms with van der Waals surface area (Å²) in [5, 5.41) is 12.3. The number of carbonyl (C=O) groups excluding carboxylic acids is 1. The number of carbonyl (C=O) groups is 1. The van der Waals surface area contributed by atoms with E-state index in [0.717, 1.165) is 12.1 Å². The average Bonchev–Trinajstić information content (AvgIpc) is 3.99. The molecule has 0 spiro atoms. The first-order valence-corrected chi connectivity index (χ1v) is 19.7. The highest BCUT2D eigenvalue weighted by molar-refractivity contribution is 5.94. The second-order valence-corrected chi connectivity index (χ2v) is 15.4. The minimum Gasteiger partial charge on any atom is -0.375 e. The molecule has 0 unspecified atom stereocenters. The van der Waals surface area contributed by atoms with E-state index in [9.17, 15) is 9.18 Å². The maximum absolute atomic E-state index is 15.4. The van der Waals surface area contributed by atoms with Crippen molar-refractivity contribution >= 4 is 45.7 Å². The van der Waals surface area contributed by atoms with Gasteiger partial charge in [-0.05, 0) is 51.5 Å². The van der Waals surface area contributed by atoms with E-state index < -0.39 is 29.6 Å². The number of amides is 1. The molecule has 8 heterocycles. The van der Waals surface area contributed by atoms with E-state index in [1.165, 1.54) is 29.1 Å². The van der Waals surface area contributed by atoms with Gasteiger partial charge < -0.3 is 33.8 Å². The number of ether oxygens (including phenoxy) is 1. The molecule has 20 heteroatoms. The number of rotatable bonds is 6. The van der Waals surface area contributed by atoms with Gasteiger partial charge in [-0.2, -0.15) is 20.1 Å². The van der Waals surface area contributed by atoms with Crippen LogP contribution in [0.15, 0.2) is 53.3 Å². The SMILES string of the molecule is CCO[C@H]1CN(C)C(=O)[C@@H]2C[C@@H](CN2c2nc(N3CC(c4nc(C)no4)C3)nc3c2cnn3-c2ccc(F)cc2F)Nc2nccc(n2)-c2cc(F)cc3nc(C)n(c23)C1. The number of hydrogen-bond acceptors (Lipinski definition) is 14. The predicted octanol–water partition coefficient (Wildman–Crippen LogP) is 4.58. The van der Waals surface area contributed by atoms with Gasteiger partial charge in [0.05, 0.1) is 46.9 Å². The van der Waals surface area contributed by atoms with Crippen molar-refractivity contribution in [2.75, 3.05) is 55.0 Å². The summed E-state index contributed by atoms with van der Waals surface area (Å²) in [7, 11) is 1.74. The maximum atomic E-state index is 15.4. The Morgan fingerprint density at radius 1 is 0.950 bits per heavy atom. The Balaban J connectivity index is 1.08. The summed E-state index contributed by atoms with van der Waals surface area (Å²) >= 11 is 0. The third-order valence-electron chi connectivity index (χ3n) is 11.4. The molecule has 1 amide bonds. The summed E-state index contributed by atoms with van der Waals surface area (Å²) < 4.78 is 59.6. The van der Waals surface area contributed by atoms with Crippen LogP contribution in [0.4, 0.5) is 30.9 Å². The molecule has 4 bridgehead atoms. The third kappa shape index (κ3) is 6.50. The van der Waals surface area contributed by atoms with Gasteiger partial charge in [0.1, 0.15) is 35.0 Å². The number of fused-ring (bicyclic) bond motifs is 6. The summed E-state index contributed by atoms with van der Waals surface area (Å²) in [4.78, 5) is 48.8. The number of benzene rings is 2. The molecule has 1 N–H and O–H groups in total. The summed E-state index contributed by atoms with van der Waals surface area (Å²) in [5.74, 6) is 0.423. The molecular weight excluding hydrogens is 782 g/mol. The smallest absolute Gasteiger partial charge is 0.245 e. The van der Waals surface area contributed by atoms with Crippen molar-refractivity contribution in [1.29, 1.82) is 0 Å². The Morgan fingerprint density at radius 3 is 2.58 bits per heavy atom. The number of aromatic nitrogens is 10. The lowest BCUT2D eigenvalue weighted by atomic mass is 10.0. The molecule has 3 atom stereocenters. The Hall–Kier alpha value is -6.70. The van der Waals surface area contributed by atoms with Crippen LogP contribution < -0.4 is 15.1 Å². The minimum atomic E-state index is -0.825. The lowest BCUT2D eigenvalue weighted by Gasteiger charge is -2.37. The molecule has 60 heavy (non-hydrogen) atoms. The van der Waals surface area contributed by atoms with Crippen molar-refractivity contribution in [3.05, 3.63) is 83.8 Å². The molecular formula is C40H39F3N14O3. The Morgan fingerprint density at radius 2 is 1.80 bits per heavy atom. The summed E-state index contributed by atoms with van der Waals surface area (Å²) in [5.41, 5.74) is 2.47. The second-order valence-electron chi connectivity index (χ2n) is 15.4. The Kier molecular flexibility index (Phi) is 9.10. The van der Waals surface area contributed by atoms with Gasteiger partial charge in [-0.15, -0.1) is 0 Å². The van der Waals surface area contributed by atoms with Crippen LogP contribution in [0.25, 0.3) is 39.0 Å². The first kappa shape index (κ1) is 37.6. The van der Waals surface area contributed by atoms with Crippen molar-refractivity contribution in [2.45, 2.75) is 57.8 Å². The molecule has 0 saturated carbocycles. The number of likely N-dealkylation sites (N-methyl/N-ethyl adjacent to an activating group) is 1. The van der Waals surface area contributed by atoms with E-state index >= 15 is 8.78 Å². The van der Waals surface area contributed by atoms with Gasteiger partial charge in [-0.3, -0.25) is 4.79 Å². The standard InChI is InChI=1S/C40H39F3N14O3/c1-5-59-26-18-53(4)38(58)33-13-25(48-39-44-9-8-30(49-39)27-10-24(42)12-31-34(27)55(19-26)21(3)47-31)17-56(33)35-28-14-45-57(32-7-6-23(41)11-29(32)43)36(28)51-40(50-35)54-15-22(16-54)37-46-20(2)52-60-37/h6-12,14,22,25-26,33H,5,13,15-19H2,1-4H3,(H,44,48,49)/t25-,26-,33-/m0/s1. The molecule has 3 aliphatic heterocycles. The Bertz CT molecular complexity index is 2800. The van der Waals surface area contributed by atoms with E-state index in [4.69, 9.17) is 29.2 Å². The zero-order valence-electron chi connectivity index (χ0n) is 33.1. The van der Waals surface area contributed by atoms with Gasteiger partial charge in [0, 0.05) is 69.8 Å². The fourth-order valence-corrected chi connectivity index (χ4v) is 8.54. The number of aryl methyl sites for hydroxylation is 2. The van der Waals surface area contributed by atoms with Crippen molar-refractivity contribution in [1.82, 2.24) is 54.3 Å². The highest BCUT2D eigenvalue weighted by atomic mass is 19.1. The quantitative estimate of drug-likeness (QED) is 0.247. The van der Waals surface area contributed by atoms with E-state index in [1.54, 1.807) is 31.1 Å². The first-order chi connectivity index (χ1) is 29.0. The fourth-order valence-electron chi connectivity index (χ4n) is 8.54. The molecule has 7 aromatic rings. The lowest BCUT2D eigenvalue weighted by molar-refractivity contribution is -0.133. The van der Waals surface area contributed by atoms with Crippen molar-refractivity contribution in [3.8, 4) is 16.9 Å². The number of anilines is 3. The molecule has 0 aliphatic carbocycles. The monoisotopic (exact) mass is 820 g/mol. The molecule has 3 aliphatic rings.